The summed E-state index contributed by atoms with van der Waals surface area (Å²) >= 11 is 1.62. The summed E-state index contributed by atoms with van der Waals surface area (Å²) in [6.45, 7) is 5.38. The summed E-state index contributed by atoms with van der Waals surface area (Å²) in [7, 11) is -3.52. The van der Waals surface area contributed by atoms with Crippen LogP contribution in [0, 0.1) is 6.92 Å². The molecule has 0 unspecified atom stereocenters. The van der Waals surface area contributed by atoms with Crippen LogP contribution in [0.4, 0.5) is 0 Å². The third-order valence-corrected chi connectivity index (χ3v) is 5.51. The fourth-order valence-corrected chi connectivity index (χ4v) is 3.91. The molecule has 2 heterocycles. The summed E-state index contributed by atoms with van der Waals surface area (Å²) in [6, 6.07) is 5.55. The minimum Gasteiger partial charge on any atom is -0.464 e. The van der Waals surface area contributed by atoms with Gasteiger partial charge >= 0.3 is 0 Å². The second kappa shape index (κ2) is 7.22. The van der Waals surface area contributed by atoms with E-state index in [1.54, 1.807) is 24.3 Å². The van der Waals surface area contributed by atoms with E-state index in [0.29, 0.717) is 31.0 Å². The van der Waals surface area contributed by atoms with Gasteiger partial charge in [-0.1, -0.05) is 13.0 Å². The molecule has 2 aromatic heterocycles. The predicted molar refractivity (Wildman–Crippen MR) is 84.0 cm³/mol. The Balaban J connectivity index is 1.99. The highest BCUT2D eigenvalue weighted by molar-refractivity contribution is 7.89. The molecule has 0 atom stereocenters. The Morgan fingerprint density at radius 1 is 1.38 bits per heavy atom. The molecule has 5 nitrogen and oxygen atoms in total. The average molecular weight is 328 g/mol. The topological polar surface area (TPSA) is 71.3 Å². The minimum absolute atomic E-state index is 0.224. The Hall–Kier alpha value is -1.15. The number of hydrogen-bond donors (Lipinski definition) is 2. The van der Waals surface area contributed by atoms with Crippen molar-refractivity contribution in [1.82, 2.24) is 10.0 Å². The molecule has 0 amide bonds. The normalized spacial score (nSPS) is 11.9. The largest absolute Gasteiger partial charge is 0.464 e. The molecular formula is C14H20N2O3S2. The van der Waals surface area contributed by atoms with Crippen LogP contribution in [-0.4, -0.2) is 21.5 Å². The van der Waals surface area contributed by atoms with Crippen LogP contribution in [0.5, 0.6) is 0 Å². The summed E-state index contributed by atoms with van der Waals surface area (Å²) in [5.74, 6) is 1.06. The number of aryl methyl sites for hydroxylation is 1. The Morgan fingerprint density at radius 3 is 2.86 bits per heavy atom. The lowest BCUT2D eigenvalue weighted by atomic mass is 10.3. The van der Waals surface area contributed by atoms with Gasteiger partial charge in [-0.2, -0.15) is 0 Å². The van der Waals surface area contributed by atoms with Crippen molar-refractivity contribution < 1.29 is 12.8 Å². The molecule has 0 aliphatic heterocycles. The van der Waals surface area contributed by atoms with Gasteiger partial charge in [-0.25, -0.2) is 13.1 Å². The molecule has 0 spiro atoms. The van der Waals surface area contributed by atoms with E-state index in [-0.39, 0.29) is 4.90 Å². The Morgan fingerprint density at radius 2 is 2.19 bits per heavy atom. The van der Waals surface area contributed by atoms with Crippen LogP contribution in [0.2, 0.25) is 0 Å². The quantitative estimate of drug-likeness (QED) is 0.780. The van der Waals surface area contributed by atoms with Crippen molar-refractivity contribution in [2.24, 2.45) is 0 Å². The highest BCUT2D eigenvalue weighted by Crippen LogP contribution is 2.20. The van der Waals surface area contributed by atoms with Crippen molar-refractivity contribution >= 4 is 21.4 Å². The van der Waals surface area contributed by atoms with E-state index in [1.807, 2.05) is 24.4 Å². The maximum absolute atomic E-state index is 12.3. The maximum Gasteiger partial charge on any atom is 0.244 e. The van der Waals surface area contributed by atoms with Crippen LogP contribution in [0.3, 0.4) is 0 Å². The van der Waals surface area contributed by atoms with Crippen LogP contribution in [0.25, 0.3) is 0 Å². The van der Waals surface area contributed by atoms with Crippen molar-refractivity contribution in [3.05, 3.63) is 40.0 Å². The maximum atomic E-state index is 12.3. The molecule has 7 heteroatoms. The van der Waals surface area contributed by atoms with E-state index < -0.39 is 10.0 Å². The molecule has 2 aromatic rings. The van der Waals surface area contributed by atoms with E-state index >= 15 is 0 Å². The van der Waals surface area contributed by atoms with Crippen molar-refractivity contribution in [3.8, 4) is 0 Å². The van der Waals surface area contributed by atoms with Gasteiger partial charge in [0.15, 0.2) is 0 Å². The summed E-state index contributed by atoms with van der Waals surface area (Å²) in [5.41, 5.74) is 0. The molecule has 0 saturated carbocycles. The smallest absolute Gasteiger partial charge is 0.244 e. The van der Waals surface area contributed by atoms with Crippen molar-refractivity contribution in [1.29, 1.82) is 0 Å². The molecule has 0 radical (unpaired) electrons. The molecular weight excluding hydrogens is 308 g/mol. The fourth-order valence-electron chi connectivity index (χ4n) is 1.97. The van der Waals surface area contributed by atoms with E-state index in [4.69, 9.17) is 4.42 Å². The highest BCUT2D eigenvalue weighted by atomic mass is 32.2. The number of sulfonamides is 1. The molecule has 116 valence electrons. The zero-order chi connectivity index (χ0) is 15.3. The summed E-state index contributed by atoms with van der Waals surface area (Å²) in [5, 5.41) is 5.09. The van der Waals surface area contributed by atoms with Gasteiger partial charge in [0.25, 0.3) is 0 Å². The van der Waals surface area contributed by atoms with Crippen molar-refractivity contribution in [3.63, 3.8) is 0 Å². The molecule has 0 aliphatic carbocycles. The second-order valence-electron chi connectivity index (χ2n) is 4.64. The highest BCUT2D eigenvalue weighted by Gasteiger charge is 2.20. The number of thiophene rings is 1. The van der Waals surface area contributed by atoms with Crippen LogP contribution in [-0.2, 0) is 23.0 Å². The third-order valence-electron chi connectivity index (χ3n) is 3.01. The van der Waals surface area contributed by atoms with E-state index in [2.05, 4.69) is 10.0 Å². The van der Waals surface area contributed by atoms with Crippen molar-refractivity contribution in [2.45, 2.75) is 31.7 Å². The minimum atomic E-state index is -3.52. The second-order valence-corrected chi connectivity index (χ2v) is 7.41. The average Bonchev–Trinajstić information content (AvgIpc) is 3.06. The van der Waals surface area contributed by atoms with Gasteiger partial charge in [-0.15, -0.1) is 11.3 Å². The number of nitrogens with one attached hydrogen (secondary N) is 2. The molecule has 2 rings (SSSR count). The Bertz CT molecular complexity index is 660. The molecule has 0 aliphatic rings. The summed E-state index contributed by atoms with van der Waals surface area (Å²) in [4.78, 5) is 1.39. The number of furan rings is 1. The first kappa shape index (κ1) is 16.2. The van der Waals surface area contributed by atoms with Crippen molar-refractivity contribution in [2.75, 3.05) is 13.1 Å². The summed E-state index contributed by atoms with van der Waals surface area (Å²) < 4.78 is 32.7. The van der Waals surface area contributed by atoms with Crippen LogP contribution in [0.1, 0.15) is 23.3 Å². The van der Waals surface area contributed by atoms with Gasteiger partial charge in [-0.3, -0.25) is 0 Å². The van der Waals surface area contributed by atoms with E-state index in [1.165, 1.54) is 0 Å². The van der Waals surface area contributed by atoms with Gasteiger partial charge in [0.2, 0.25) is 10.0 Å². The number of hydrogen-bond acceptors (Lipinski definition) is 5. The standard InChI is InChI=1S/C14H20N2O3S2/c1-3-15-10-12-9-14(11(2)19-12)21(17,18)16-7-6-13-5-4-8-20-13/h4-5,8-9,15-16H,3,6-7,10H2,1-2H3. The first-order chi connectivity index (χ1) is 10.0. The van der Waals surface area contributed by atoms with Gasteiger partial charge in [0, 0.05) is 17.5 Å². The van der Waals surface area contributed by atoms with Gasteiger partial charge in [0.1, 0.15) is 16.4 Å². The van der Waals surface area contributed by atoms with Crippen LogP contribution >= 0.6 is 11.3 Å². The lowest BCUT2D eigenvalue weighted by molar-refractivity contribution is 0.460. The first-order valence-corrected chi connectivity index (χ1v) is 9.21. The van der Waals surface area contributed by atoms with E-state index in [9.17, 15) is 8.42 Å². The van der Waals surface area contributed by atoms with Gasteiger partial charge in [0.05, 0.1) is 6.54 Å². The fraction of sp³-hybridized carbons (Fsp3) is 0.429. The molecule has 2 N–H and O–H groups in total. The number of rotatable bonds is 8. The zero-order valence-corrected chi connectivity index (χ0v) is 13.8. The Kier molecular flexibility index (Phi) is 5.58. The Labute approximate surface area is 129 Å². The third kappa shape index (κ3) is 4.41. The lowest BCUT2D eigenvalue weighted by Gasteiger charge is -2.04. The molecule has 21 heavy (non-hydrogen) atoms. The summed E-state index contributed by atoms with van der Waals surface area (Å²) in [6.07, 6.45) is 0.693. The predicted octanol–water partition coefficient (Wildman–Crippen LogP) is 2.28. The van der Waals surface area contributed by atoms with Crippen LogP contribution in [0.15, 0.2) is 32.9 Å². The SMILES string of the molecule is CCNCc1cc(S(=O)(=O)NCCc2cccs2)c(C)o1. The van der Waals surface area contributed by atoms with Gasteiger partial charge < -0.3 is 9.73 Å². The van der Waals surface area contributed by atoms with Crippen LogP contribution < -0.4 is 10.0 Å². The van der Waals surface area contributed by atoms with E-state index in [0.717, 1.165) is 11.4 Å². The molecule has 0 saturated heterocycles. The lowest BCUT2D eigenvalue weighted by Crippen LogP contribution is -2.26. The van der Waals surface area contributed by atoms with Gasteiger partial charge in [-0.05, 0) is 31.3 Å². The molecule has 0 bridgehead atoms. The monoisotopic (exact) mass is 328 g/mol. The molecule has 0 aromatic carbocycles. The first-order valence-electron chi connectivity index (χ1n) is 6.85. The molecule has 0 fully saturated rings. The zero-order valence-electron chi connectivity index (χ0n) is 12.2.